The lowest BCUT2D eigenvalue weighted by Gasteiger charge is -2.61. The van der Waals surface area contributed by atoms with Crippen LogP contribution in [-0.2, 0) is 0 Å². The van der Waals surface area contributed by atoms with Gasteiger partial charge in [-0.1, -0.05) is 27.7 Å². The minimum absolute atomic E-state index is 0.0970. The van der Waals surface area contributed by atoms with Gasteiger partial charge in [-0.2, -0.15) is 0 Å². The number of fused-ring (bicyclic) bond motifs is 5. The fourth-order valence-electron chi connectivity index (χ4n) is 10.0. The van der Waals surface area contributed by atoms with Crippen molar-refractivity contribution in [2.45, 2.75) is 110 Å². The summed E-state index contributed by atoms with van der Waals surface area (Å²) >= 11 is 0. The van der Waals surface area contributed by atoms with Gasteiger partial charge in [0.2, 0.25) is 0 Å². The van der Waals surface area contributed by atoms with E-state index in [1.165, 1.54) is 57.8 Å². The largest absolute Gasteiger partial charge is 0.393 e. The van der Waals surface area contributed by atoms with Gasteiger partial charge in [0.15, 0.2) is 0 Å². The quantitative estimate of drug-likeness (QED) is 0.596. The Morgan fingerprint density at radius 2 is 1.70 bits per heavy atom. The van der Waals surface area contributed by atoms with E-state index < -0.39 is 0 Å². The number of aliphatic hydroxyl groups is 1. The van der Waals surface area contributed by atoms with E-state index >= 15 is 0 Å². The van der Waals surface area contributed by atoms with Gasteiger partial charge in [-0.15, -0.1) is 0 Å². The maximum Gasteiger partial charge on any atom is 0.0579 e. The molecule has 4 aliphatic carbocycles. The second-order valence-corrected chi connectivity index (χ2v) is 13.1. The summed E-state index contributed by atoms with van der Waals surface area (Å²) in [5, 5.41) is 15.3. The Bertz CT molecular complexity index is 630. The molecular formula is C27H48N2O. The Hall–Kier alpha value is -0.120. The van der Waals surface area contributed by atoms with Crippen molar-refractivity contribution in [2.75, 3.05) is 6.54 Å². The van der Waals surface area contributed by atoms with Gasteiger partial charge < -0.3 is 16.2 Å². The number of aliphatic hydroxyl groups excluding tert-OH is 1. The van der Waals surface area contributed by atoms with Crippen LogP contribution in [0.3, 0.4) is 0 Å². The molecule has 5 aliphatic rings. The number of hydrogen-bond acceptors (Lipinski definition) is 3. The van der Waals surface area contributed by atoms with E-state index in [9.17, 15) is 5.11 Å². The Balaban J connectivity index is 1.37. The second kappa shape index (κ2) is 7.73. The van der Waals surface area contributed by atoms with Crippen LogP contribution in [0.25, 0.3) is 0 Å². The number of piperidine rings is 1. The summed E-state index contributed by atoms with van der Waals surface area (Å²) in [4.78, 5) is 0. The fourth-order valence-corrected chi connectivity index (χ4v) is 10.0. The molecule has 30 heavy (non-hydrogen) atoms. The molecule has 1 aliphatic heterocycles. The molecule has 0 aromatic rings. The van der Waals surface area contributed by atoms with E-state index in [-0.39, 0.29) is 6.10 Å². The van der Waals surface area contributed by atoms with Gasteiger partial charge in [0.05, 0.1) is 6.10 Å². The van der Waals surface area contributed by atoms with Crippen LogP contribution in [0.5, 0.6) is 0 Å². The van der Waals surface area contributed by atoms with Gasteiger partial charge >= 0.3 is 0 Å². The molecule has 0 amide bonds. The molecule has 0 bridgehead atoms. The molecule has 0 aromatic carbocycles. The van der Waals surface area contributed by atoms with Crippen LogP contribution in [0.4, 0.5) is 0 Å². The first-order chi connectivity index (χ1) is 14.2. The average Bonchev–Trinajstić information content (AvgIpc) is 2.98. The van der Waals surface area contributed by atoms with Crippen LogP contribution in [0, 0.1) is 52.3 Å². The molecule has 0 unspecified atom stereocenters. The third-order valence-electron chi connectivity index (χ3n) is 11.7. The standard InChI is InChI=1S/C27H48N2O/c1-16-5-8-23(29-15-16)17(2)25-24(30)14-22-20-7-6-18-13-19(28)9-11-26(18,3)21(20)10-12-27(22,25)4/h16-25,29-30H,5-15,28H2,1-4H3/t16-,17-,18+,19+,20-,21+,22+,23+,24+,25+,26+,27+/m1/s1. The molecule has 3 heteroatoms. The Kier molecular flexibility index (Phi) is 5.60. The minimum Gasteiger partial charge on any atom is -0.393 e. The molecule has 12 atom stereocenters. The van der Waals surface area contributed by atoms with Crippen molar-refractivity contribution in [3.05, 3.63) is 0 Å². The summed E-state index contributed by atoms with van der Waals surface area (Å²) in [5.41, 5.74) is 7.23. The molecule has 3 nitrogen and oxygen atoms in total. The third-order valence-corrected chi connectivity index (χ3v) is 11.7. The first-order valence-electron chi connectivity index (χ1n) is 13.4. The smallest absolute Gasteiger partial charge is 0.0579 e. The molecule has 1 saturated heterocycles. The molecule has 0 spiro atoms. The highest BCUT2D eigenvalue weighted by Gasteiger charge is 2.63. The fraction of sp³-hybridized carbons (Fsp3) is 1.00. The number of hydrogen-bond donors (Lipinski definition) is 3. The van der Waals surface area contributed by atoms with Crippen LogP contribution in [0.1, 0.15) is 91.9 Å². The van der Waals surface area contributed by atoms with Crippen molar-refractivity contribution in [2.24, 2.45) is 58.0 Å². The lowest BCUT2D eigenvalue weighted by atomic mass is 9.44. The molecule has 5 fully saturated rings. The lowest BCUT2D eigenvalue weighted by molar-refractivity contribution is -0.118. The SMILES string of the molecule is C[C@@H]1CC[C@@H]([C@@H](C)[C@H]2[C@@H](O)C[C@H]3[C@@H]4CC[C@H]5C[C@@H](N)CC[C@]5(C)[C@H]4CC[C@]23C)NC1. The van der Waals surface area contributed by atoms with Crippen molar-refractivity contribution in [1.82, 2.24) is 5.32 Å². The van der Waals surface area contributed by atoms with Crippen LogP contribution in [-0.4, -0.2) is 29.8 Å². The molecule has 0 radical (unpaired) electrons. The molecule has 172 valence electrons. The number of nitrogens with one attached hydrogen (secondary N) is 1. The third kappa shape index (κ3) is 3.24. The predicted molar refractivity (Wildman–Crippen MR) is 124 cm³/mol. The summed E-state index contributed by atoms with van der Waals surface area (Å²) in [6.45, 7) is 11.2. The number of rotatable bonds is 2. The topological polar surface area (TPSA) is 58.3 Å². The van der Waals surface area contributed by atoms with Gasteiger partial charge in [0, 0.05) is 12.1 Å². The van der Waals surface area contributed by atoms with Crippen LogP contribution in [0.15, 0.2) is 0 Å². The van der Waals surface area contributed by atoms with Crippen molar-refractivity contribution < 1.29 is 5.11 Å². The van der Waals surface area contributed by atoms with Gasteiger partial charge in [-0.25, -0.2) is 0 Å². The molecule has 0 aromatic heterocycles. The van der Waals surface area contributed by atoms with Gasteiger partial charge in [0.1, 0.15) is 0 Å². The Morgan fingerprint density at radius 3 is 2.43 bits per heavy atom. The molecule has 5 rings (SSSR count). The molecule has 4 saturated carbocycles. The van der Waals surface area contributed by atoms with E-state index in [1.54, 1.807) is 0 Å². The van der Waals surface area contributed by atoms with Crippen LogP contribution in [0.2, 0.25) is 0 Å². The van der Waals surface area contributed by atoms with E-state index in [4.69, 9.17) is 5.73 Å². The molecular weight excluding hydrogens is 368 g/mol. The van der Waals surface area contributed by atoms with Gasteiger partial charge in [0.25, 0.3) is 0 Å². The normalized spacial score (nSPS) is 57.2. The van der Waals surface area contributed by atoms with E-state index in [0.29, 0.717) is 34.7 Å². The molecule has 4 N–H and O–H groups in total. The van der Waals surface area contributed by atoms with E-state index in [0.717, 1.165) is 42.6 Å². The Labute approximate surface area is 185 Å². The average molecular weight is 417 g/mol. The highest BCUT2D eigenvalue weighted by molar-refractivity contribution is 5.12. The highest BCUT2D eigenvalue weighted by Crippen LogP contribution is 2.68. The zero-order valence-corrected chi connectivity index (χ0v) is 20.1. The van der Waals surface area contributed by atoms with Crippen LogP contribution < -0.4 is 11.1 Å². The summed E-state index contributed by atoms with van der Waals surface area (Å²) in [6.07, 6.45) is 12.9. The van der Waals surface area contributed by atoms with E-state index in [2.05, 4.69) is 33.0 Å². The zero-order valence-electron chi connectivity index (χ0n) is 20.1. The predicted octanol–water partition coefficient (Wildman–Crippen LogP) is 4.97. The highest BCUT2D eigenvalue weighted by atomic mass is 16.3. The van der Waals surface area contributed by atoms with Crippen molar-refractivity contribution in [1.29, 1.82) is 0 Å². The van der Waals surface area contributed by atoms with Crippen LogP contribution >= 0.6 is 0 Å². The van der Waals surface area contributed by atoms with Crippen molar-refractivity contribution in [3.63, 3.8) is 0 Å². The van der Waals surface area contributed by atoms with Gasteiger partial charge in [-0.3, -0.25) is 0 Å². The van der Waals surface area contributed by atoms with Crippen molar-refractivity contribution >= 4 is 0 Å². The van der Waals surface area contributed by atoms with E-state index in [1.807, 2.05) is 0 Å². The summed E-state index contributed by atoms with van der Waals surface area (Å²) in [6, 6.07) is 1.04. The Morgan fingerprint density at radius 1 is 0.933 bits per heavy atom. The maximum absolute atomic E-state index is 11.4. The molecule has 1 heterocycles. The monoisotopic (exact) mass is 416 g/mol. The zero-order chi connectivity index (χ0) is 21.3. The van der Waals surface area contributed by atoms with Crippen molar-refractivity contribution in [3.8, 4) is 0 Å². The summed E-state index contributed by atoms with van der Waals surface area (Å²) in [5.74, 6) is 5.15. The minimum atomic E-state index is -0.0970. The number of nitrogens with two attached hydrogens (primary N) is 1. The summed E-state index contributed by atoms with van der Waals surface area (Å²) < 4.78 is 0. The lowest BCUT2D eigenvalue weighted by Crippen LogP contribution is -2.55. The second-order valence-electron chi connectivity index (χ2n) is 13.1. The summed E-state index contributed by atoms with van der Waals surface area (Å²) in [7, 11) is 0. The first-order valence-corrected chi connectivity index (χ1v) is 13.4. The van der Waals surface area contributed by atoms with Gasteiger partial charge in [-0.05, 0) is 123 Å². The maximum atomic E-state index is 11.4. The first kappa shape index (κ1) is 21.7.